The van der Waals surface area contributed by atoms with Gasteiger partial charge in [-0.3, -0.25) is 4.79 Å². The molecule has 1 amide bonds. The number of benzene rings is 1. The molecule has 0 aliphatic heterocycles. The number of rotatable bonds is 6. The van der Waals surface area contributed by atoms with Crippen LogP contribution in [-0.4, -0.2) is 38.8 Å². The second-order valence-electron chi connectivity index (χ2n) is 6.56. The van der Waals surface area contributed by atoms with Crippen molar-refractivity contribution in [1.82, 2.24) is 15.1 Å². The zero-order valence-corrected chi connectivity index (χ0v) is 17.6. The number of halogens is 1. The van der Waals surface area contributed by atoms with E-state index in [0.29, 0.717) is 17.2 Å². The number of hydrogen-bond acceptors (Lipinski definition) is 5. The lowest BCUT2D eigenvalue weighted by Crippen LogP contribution is -2.44. The Balaban J connectivity index is 1.64. The van der Waals surface area contributed by atoms with Gasteiger partial charge in [0.25, 0.3) is 5.22 Å². The molecule has 0 N–H and O–H groups in total. The Hall–Kier alpha value is -1.34. The first-order chi connectivity index (χ1) is 12.6. The van der Waals surface area contributed by atoms with Crippen LogP contribution in [0.4, 0.5) is 0 Å². The maximum atomic E-state index is 12.9. The van der Waals surface area contributed by atoms with E-state index in [1.807, 2.05) is 36.1 Å². The molecule has 1 atom stereocenters. The molecule has 2 aromatic rings. The maximum absolute atomic E-state index is 12.9. The standard InChI is InChI=1S/C19H24BrN3O2S/c1-3-23(16-7-5-4-6-8-16)18(24)13(2)26-19-22-21-17(25-19)14-9-11-15(20)12-10-14/h9-13,16H,3-8H2,1-2H3. The van der Waals surface area contributed by atoms with Gasteiger partial charge in [0.1, 0.15) is 0 Å². The highest BCUT2D eigenvalue weighted by molar-refractivity contribution is 9.10. The molecule has 1 saturated carbocycles. The fourth-order valence-corrected chi connectivity index (χ4v) is 4.41. The van der Waals surface area contributed by atoms with Crippen molar-refractivity contribution in [3.8, 4) is 11.5 Å². The Morgan fingerprint density at radius 2 is 1.96 bits per heavy atom. The van der Waals surface area contributed by atoms with Crippen LogP contribution in [0.25, 0.3) is 11.5 Å². The summed E-state index contributed by atoms with van der Waals surface area (Å²) in [7, 11) is 0. The molecular weight excluding hydrogens is 414 g/mol. The van der Waals surface area contributed by atoms with Crippen molar-refractivity contribution in [3.05, 3.63) is 28.7 Å². The average Bonchev–Trinajstić information content (AvgIpc) is 3.12. The van der Waals surface area contributed by atoms with Gasteiger partial charge in [0.15, 0.2) is 0 Å². The van der Waals surface area contributed by atoms with E-state index >= 15 is 0 Å². The van der Waals surface area contributed by atoms with Crippen molar-refractivity contribution in [2.45, 2.75) is 62.5 Å². The third-order valence-electron chi connectivity index (χ3n) is 4.76. The second kappa shape index (κ2) is 9.04. The highest BCUT2D eigenvalue weighted by Gasteiger charge is 2.29. The van der Waals surface area contributed by atoms with E-state index in [9.17, 15) is 4.79 Å². The highest BCUT2D eigenvalue weighted by Crippen LogP contribution is 2.29. The molecular formula is C19H24BrN3O2S. The Morgan fingerprint density at radius 1 is 1.27 bits per heavy atom. The summed E-state index contributed by atoms with van der Waals surface area (Å²) in [6, 6.07) is 8.08. The minimum Gasteiger partial charge on any atom is -0.411 e. The van der Waals surface area contributed by atoms with Crippen molar-refractivity contribution in [1.29, 1.82) is 0 Å². The van der Waals surface area contributed by atoms with Crippen molar-refractivity contribution < 1.29 is 9.21 Å². The lowest BCUT2D eigenvalue weighted by molar-refractivity contribution is -0.133. The summed E-state index contributed by atoms with van der Waals surface area (Å²) in [5, 5.41) is 8.40. The second-order valence-corrected chi connectivity index (χ2v) is 8.76. The highest BCUT2D eigenvalue weighted by atomic mass is 79.9. The van der Waals surface area contributed by atoms with Gasteiger partial charge in [-0.2, -0.15) is 0 Å². The minimum absolute atomic E-state index is 0.160. The van der Waals surface area contributed by atoms with Crippen molar-refractivity contribution in [2.24, 2.45) is 0 Å². The van der Waals surface area contributed by atoms with E-state index in [2.05, 4.69) is 33.1 Å². The van der Waals surface area contributed by atoms with Crippen LogP contribution >= 0.6 is 27.7 Å². The summed E-state index contributed by atoms with van der Waals surface area (Å²) in [6.45, 7) is 4.73. The van der Waals surface area contributed by atoms with E-state index in [1.54, 1.807) is 0 Å². The van der Waals surface area contributed by atoms with E-state index in [1.165, 1.54) is 31.0 Å². The van der Waals surface area contributed by atoms with Gasteiger partial charge in [-0.1, -0.05) is 47.0 Å². The summed E-state index contributed by atoms with van der Waals surface area (Å²) in [4.78, 5) is 14.9. The molecule has 1 aliphatic carbocycles. The van der Waals surface area contributed by atoms with E-state index in [0.717, 1.165) is 29.4 Å². The van der Waals surface area contributed by atoms with Gasteiger partial charge in [0.05, 0.1) is 5.25 Å². The Kier molecular flexibility index (Phi) is 6.75. The average molecular weight is 438 g/mol. The quantitative estimate of drug-likeness (QED) is 0.583. The molecule has 3 rings (SSSR count). The summed E-state index contributed by atoms with van der Waals surface area (Å²) in [6.07, 6.45) is 5.95. The number of nitrogens with zero attached hydrogens (tertiary/aromatic N) is 3. The van der Waals surface area contributed by atoms with E-state index in [-0.39, 0.29) is 11.2 Å². The number of carbonyl (C=O) groups excluding carboxylic acids is 1. The first kappa shape index (κ1) is 19.4. The van der Waals surface area contributed by atoms with Crippen LogP contribution in [0, 0.1) is 0 Å². The molecule has 0 bridgehead atoms. The van der Waals surface area contributed by atoms with Crippen LogP contribution in [-0.2, 0) is 4.79 Å². The number of thioether (sulfide) groups is 1. The largest absolute Gasteiger partial charge is 0.411 e. The lowest BCUT2D eigenvalue weighted by Gasteiger charge is -2.34. The molecule has 0 radical (unpaired) electrons. The van der Waals surface area contributed by atoms with Gasteiger partial charge in [-0.25, -0.2) is 0 Å². The summed E-state index contributed by atoms with van der Waals surface area (Å²) < 4.78 is 6.74. The van der Waals surface area contributed by atoms with E-state index < -0.39 is 0 Å². The Bertz CT molecular complexity index is 729. The molecule has 1 aliphatic rings. The third kappa shape index (κ3) is 4.68. The maximum Gasteiger partial charge on any atom is 0.277 e. The van der Waals surface area contributed by atoms with Crippen molar-refractivity contribution in [3.63, 3.8) is 0 Å². The van der Waals surface area contributed by atoms with Crippen LogP contribution in [0.15, 0.2) is 38.4 Å². The first-order valence-electron chi connectivity index (χ1n) is 9.15. The molecule has 1 aromatic heterocycles. The predicted octanol–water partition coefficient (Wildman–Crippen LogP) is 5.16. The normalized spacial score (nSPS) is 16.4. The molecule has 0 saturated heterocycles. The van der Waals surface area contributed by atoms with Crippen LogP contribution in [0.3, 0.4) is 0 Å². The minimum atomic E-state index is -0.241. The Labute approximate surface area is 167 Å². The van der Waals surface area contributed by atoms with Crippen molar-refractivity contribution in [2.75, 3.05) is 6.54 Å². The van der Waals surface area contributed by atoms with Gasteiger partial charge in [-0.05, 0) is 51.0 Å². The van der Waals surface area contributed by atoms with Crippen LogP contribution < -0.4 is 0 Å². The first-order valence-corrected chi connectivity index (χ1v) is 10.8. The number of hydrogen-bond donors (Lipinski definition) is 0. The van der Waals surface area contributed by atoms with Crippen molar-refractivity contribution >= 4 is 33.6 Å². The van der Waals surface area contributed by atoms with Crippen LogP contribution in [0.5, 0.6) is 0 Å². The molecule has 1 aromatic carbocycles. The summed E-state index contributed by atoms with van der Waals surface area (Å²) in [5.74, 6) is 0.632. The fraction of sp³-hybridized carbons (Fsp3) is 0.526. The van der Waals surface area contributed by atoms with Crippen LogP contribution in [0.2, 0.25) is 0 Å². The van der Waals surface area contributed by atoms with Gasteiger partial charge >= 0.3 is 0 Å². The third-order valence-corrected chi connectivity index (χ3v) is 6.21. The van der Waals surface area contributed by atoms with Gasteiger partial charge in [0.2, 0.25) is 11.8 Å². The number of aromatic nitrogens is 2. The van der Waals surface area contributed by atoms with Gasteiger partial charge in [-0.15, -0.1) is 10.2 Å². The smallest absolute Gasteiger partial charge is 0.277 e. The topological polar surface area (TPSA) is 59.2 Å². The zero-order chi connectivity index (χ0) is 18.5. The molecule has 5 nitrogen and oxygen atoms in total. The SMILES string of the molecule is CCN(C(=O)C(C)Sc1nnc(-c2ccc(Br)cc2)o1)C1CCCCC1. The van der Waals surface area contributed by atoms with Gasteiger partial charge in [0, 0.05) is 22.6 Å². The van der Waals surface area contributed by atoms with Crippen LogP contribution in [0.1, 0.15) is 46.0 Å². The molecule has 7 heteroatoms. The molecule has 1 fully saturated rings. The summed E-state index contributed by atoms with van der Waals surface area (Å²) >= 11 is 4.75. The predicted molar refractivity (Wildman–Crippen MR) is 107 cm³/mol. The molecule has 1 heterocycles. The number of carbonyl (C=O) groups is 1. The molecule has 140 valence electrons. The zero-order valence-electron chi connectivity index (χ0n) is 15.2. The monoisotopic (exact) mass is 437 g/mol. The summed E-state index contributed by atoms with van der Waals surface area (Å²) in [5.41, 5.74) is 0.865. The Morgan fingerprint density at radius 3 is 2.62 bits per heavy atom. The van der Waals surface area contributed by atoms with Gasteiger partial charge < -0.3 is 9.32 Å². The molecule has 0 spiro atoms. The van der Waals surface area contributed by atoms with E-state index in [4.69, 9.17) is 4.42 Å². The fourth-order valence-electron chi connectivity index (χ4n) is 3.39. The lowest BCUT2D eigenvalue weighted by atomic mass is 9.94. The molecule has 1 unspecified atom stereocenters. The number of amides is 1. The molecule has 26 heavy (non-hydrogen) atoms.